The van der Waals surface area contributed by atoms with Crippen molar-refractivity contribution in [1.29, 1.82) is 0 Å². The molecule has 0 spiro atoms. The number of allylic oxidation sites excluding steroid dienone is 6. The van der Waals surface area contributed by atoms with Crippen molar-refractivity contribution < 1.29 is 0 Å². The molecule has 0 aromatic rings. The van der Waals surface area contributed by atoms with Gasteiger partial charge in [-0.1, -0.05) is 30.4 Å². The van der Waals surface area contributed by atoms with Crippen LogP contribution in [0.4, 0.5) is 0 Å². The highest BCUT2D eigenvalue weighted by Crippen LogP contribution is 1.97. The maximum Gasteiger partial charge on any atom is -0.0166 e. The third-order valence-electron chi connectivity index (χ3n) is 1.25. The van der Waals surface area contributed by atoms with Gasteiger partial charge in [0.1, 0.15) is 0 Å². The number of hydrogen-bond acceptors (Lipinski definition) is 0. The van der Waals surface area contributed by atoms with E-state index in [-0.39, 0.29) is 0 Å². The maximum atomic E-state index is 3.08. The van der Waals surface area contributed by atoms with Crippen LogP contribution >= 0.6 is 0 Å². The quantitative estimate of drug-likeness (QED) is 0.430. The molecule has 0 unspecified atom stereocenters. The molecule has 0 fully saturated rings. The number of hydrogen-bond donors (Lipinski definition) is 0. The predicted molar refractivity (Wildman–Crippen MR) is 39.9 cm³/mol. The van der Waals surface area contributed by atoms with Crippen molar-refractivity contribution in [3.8, 4) is 0 Å². The first-order chi connectivity index (χ1) is 4.50. The zero-order valence-electron chi connectivity index (χ0n) is 5.51. The van der Waals surface area contributed by atoms with Gasteiger partial charge < -0.3 is 0 Å². The summed E-state index contributed by atoms with van der Waals surface area (Å²) < 4.78 is 0. The van der Waals surface area contributed by atoms with E-state index >= 15 is 0 Å². The fourth-order valence-corrected chi connectivity index (χ4v) is 0.760. The topological polar surface area (TPSA) is 0 Å². The minimum Gasteiger partial charge on any atom is -0.0879 e. The fourth-order valence-electron chi connectivity index (χ4n) is 0.760. The lowest BCUT2D eigenvalue weighted by atomic mass is 10.3. The molecule has 0 nitrogen and oxygen atoms in total. The molecule has 1 radical (unpaired) electrons. The van der Waals surface area contributed by atoms with E-state index < -0.39 is 0 Å². The predicted octanol–water partition coefficient (Wildman–Crippen LogP) is 2.64. The van der Waals surface area contributed by atoms with E-state index in [4.69, 9.17) is 0 Å². The Balaban J connectivity index is 2.43. The highest BCUT2D eigenvalue weighted by atomic mass is 13.8. The largest absolute Gasteiger partial charge is 0.0879 e. The van der Waals surface area contributed by atoms with Crippen LogP contribution < -0.4 is 0 Å². The first-order valence-corrected chi connectivity index (χ1v) is 3.38. The van der Waals surface area contributed by atoms with Crippen LogP contribution in [0.15, 0.2) is 30.4 Å². The molecule has 0 aromatic heterocycles. The molecule has 1 aliphatic rings. The van der Waals surface area contributed by atoms with Crippen LogP contribution in [0.3, 0.4) is 0 Å². The lowest BCUT2D eigenvalue weighted by Crippen LogP contribution is -1.61. The van der Waals surface area contributed by atoms with Gasteiger partial charge in [0.2, 0.25) is 0 Å². The van der Waals surface area contributed by atoms with E-state index in [0.717, 1.165) is 19.3 Å². The van der Waals surface area contributed by atoms with Crippen LogP contribution in [0.1, 0.15) is 19.3 Å². The van der Waals surface area contributed by atoms with Crippen LogP contribution in [-0.4, -0.2) is 0 Å². The third kappa shape index (κ3) is 2.91. The molecule has 0 amide bonds. The van der Waals surface area contributed by atoms with E-state index in [1.54, 1.807) is 0 Å². The van der Waals surface area contributed by atoms with Gasteiger partial charge >= 0.3 is 0 Å². The number of rotatable bonds is 0. The molecule has 47 valence electrons. The van der Waals surface area contributed by atoms with E-state index in [1.165, 1.54) is 0 Å². The van der Waals surface area contributed by atoms with E-state index in [9.17, 15) is 0 Å². The highest BCUT2D eigenvalue weighted by molar-refractivity contribution is 5.02. The molecule has 9 heavy (non-hydrogen) atoms. The second kappa shape index (κ2) is 4.13. The summed E-state index contributed by atoms with van der Waals surface area (Å²) in [5, 5.41) is 0. The average molecular weight is 119 g/mol. The van der Waals surface area contributed by atoms with Crippen molar-refractivity contribution in [3.63, 3.8) is 0 Å². The zero-order chi connectivity index (χ0) is 6.36. The molecule has 1 rings (SSSR count). The van der Waals surface area contributed by atoms with Crippen molar-refractivity contribution in [3.05, 3.63) is 36.5 Å². The minimum absolute atomic E-state index is 1.06. The van der Waals surface area contributed by atoms with Gasteiger partial charge in [-0.25, -0.2) is 0 Å². The Labute approximate surface area is 56.6 Å². The van der Waals surface area contributed by atoms with Gasteiger partial charge in [0.15, 0.2) is 0 Å². The minimum atomic E-state index is 1.06. The molecule has 0 heteroatoms. The van der Waals surface area contributed by atoms with Crippen molar-refractivity contribution in [2.45, 2.75) is 19.3 Å². The molecule has 0 atom stereocenters. The Morgan fingerprint density at radius 2 is 2.00 bits per heavy atom. The first-order valence-electron chi connectivity index (χ1n) is 3.38. The van der Waals surface area contributed by atoms with Crippen molar-refractivity contribution in [2.75, 3.05) is 0 Å². The van der Waals surface area contributed by atoms with Crippen LogP contribution in [-0.2, 0) is 0 Å². The maximum absolute atomic E-state index is 3.08. The van der Waals surface area contributed by atoms with Gasteiger partial charge in [0.25, 0.3) is 0 Å². The normalized spacial score (nSPS) is 29.3. The Bertz CT molecular complexity index is 138. The molecular weight excluding hydrogens is 108 g/mol. The van der Waals surface area contributed by atoms with Gasteiger partial charge in [-0.2, -0.15) is 0 Å². The standard InChI is InChI=1S/C9H11/c1-2-4-6-8-9-7-5-3-1/h1-2,5,7-8H,3-4,6H2/b2-1-,7-5-,9-8?. The molecule has 1 aliphatic carbocycles. The third-order valence-corrected chi connectivity index (χ3v) is 1.25. The first kappa shape index (κ1) is 6.34. The van der Waals surface area contributed by atoms with Crippen LogP contribution in [0.25, 0.3) is 0 Å². The molecule has 0 bridgehead atoms. The summed E-state index contributed by atoms with van der Waals surface area (Å²) in [6, 6.07) is 0. The summed E-state index contributed by atoms with van der Waals surface area (Å²) in [5.41, 5.74) is 0. The summed E-state index contributed by atoms with van der Waals surface area (Å²) in [5.74, 6) is 0. The fraction of sp³-hybridized carbons (Fsp3) is 0.333. The van der Waals surface area contributed by atoms with Crippen LogP contribution in [0.5, 0.6) is 0 Å². The van der Waals surface area contributed by atoms with Crippen LogP contribution in [0, 0.1) is 6.08 Å². The highest BCUT2D eigenvalue weighted by Gasteiger charge is 1.78. The van der Waals surface area contributed by atoms with Gasteiger partial charge in [0.05, 0.1) is 0 Å². The Morgan fingerprint density at radius 1 is 1.00 bits per heavy atom. The Kier molecular flexibility index (Phi) is 2.91. The molecule has 0 heterocycles. The van der Waals surface area contributed by atoms with Gasteiger partial charge in [-0.15, -0.1) is 0 Å². The molecular formula is C9H11. The van der Waals surface area contributed by atoms with Crippen molar-refractivity contribution in [1.82, 2.24) is 0 Å². The molecule has 0 N–H and O–H groups in total. The summed E-state index contributed by atoms with van der Waals surface area (Å²) in [4.78, 5) is 0. The Morgan fingerprint density at radius 3 is 3.00 bits per heavy atom. The van der Waals surface area contributed by atoms with Crippen molar-refractivity contribution >= 4 is 0 Å². The van der Waals surface area contributed by atoms with Crippen LogP contribution in [0.2, 0.25) is 0 Å². The molecule has 0 saturated carbocycles. The van der Waals surface area contributed by atoms with E-state index in [2.05, 4.69) is 30.4 Å². The van der Waals surface area contributed by atoms with E-state index in [0.29, 0.717) is 0 Å². The van der Waals surface area contributed by atoms with Gasteiger partial charge in [-0.3, -0.25) is 0 Å². The average Bonchev–Trinajstić information content (AvgIpc) is 2.00. The second-order valence-corrected chi connectivity index (χ2v) is 2.06. The van der Waals surface area contributed by atoms with Gasteiger partial charge in [-0.05, 0) is 25.3 Å². The second-order valence-electron chi connectivity index (χ2n) is 2.06. The Hall–Kier alpha value is -0.780. The summed E-state index contributed by atoms with van der Waals surface area (Å²) in [6.45, 7) is 0. The SMILES string of the molecule is [C]1=C/CC/C=C\C\C=C/1. The van der Waals surface area contributed by atoms with Gasteiger partial charge in [0, 0.05) is 0 Å². The molecule has 0 aromatic carbocycles. The summed E-state index contributed by atoms with van der Waals surface area (Å²) in [7, 11) is 0. The van der Waals surface area contributed by atoms with Crippen molar-refractivity contribution in [2.24, 2.45) is 0 Å². The molecule has 0 aliphatic heterocycles. The summed E-state index contributed by atoms with van der Waals surface area (Å²) in [6.07, 6.45) is 17.0. The lowest BCUT2D eigenvalue weighted by molar-refractivity contribution is 1.04. The van der Waals surface area contributed by atoms with E-state index in [1.807, 2.05) is 6.08 Å². The zero-order valence-corrected chi connectivity index (χ0v) is 5.51. The lowest BCUT2D eigenvalue weighted by Gasteiger charge is -1.81. The monoisotopic (exact) mass is 119 g/mol. The molecule has 0 saturated heterocycles. The summed E-state index contributed by atoms with van der Waals surface area (Å²) >= 11 is 0. The smallest absolute Gasteiger partial charge is 0.0166 e.